The molecule has 1 saturated heterocycles. The van der Waals surface area contributed by atoms with E-state index in [1.807, 2.05) is 12.1 Å². The third kappa shape index (κ3) is 3.43. The van der Waals surface area contributed by atoms with Gasteiger partial charge in [-0.05, 0) is 36.6 Å². The molecule has 5 rings (SSSR count). The fourth-order valence-corrected chi connectivity index (χ4v) is 4.68. The maximum absolute atomic E-state index is 5.63. The second-order valence-corrected chi connectivity index (χ2v) is 7.79. The highest BCUT2D eigenvalue weighted by Gasteiger charge is 2.32. The van der Waals surface area contributed by atoms with E-state index in [1.165, 1.54) is 17.5 Å². The topological polar surface area (TPSA) is 55.2 Å². The number of likely N-dealkylation sites (tertiary alicyclic amines) is 1. The molecule has 1 N–H and O–H groups in total. The molecule has 1 aromatic heterocycles. The first-order valence-electron chi connectivity index (χ1n) is 10.4. The van der Waals surface area contributed by atoms with E-state index in [1.54, 1.807) is 7.11 Å². The smallest absolute Gasteiger partial charge is 0.150 e. The number of rotatable bonds is 5. The number of fused-ring (bicyclic) bond motifs is 1. The van der Waals surface area contributed by atoms with Crippen molar-refractivity contribution in [2.75, 3.05) is 20.2 Å². The lowest BCUT2D eigenvalue weighted by Gasteiger charge is -2.26. The SMILES string of the molecule is COc1ccccc1-c1ccccc1CN1CCC[C@H]1c1nnc2n1CCNC2. The molecule has 0 aliphatic carbocycles. The van der Waals surface area contributed by atoms with Crippen LogP contribution in [0.1, 0.15) is 36.1 Å². The Bertz CT molecular complexity index is 998. The Hall–Kier alpha value is -2.70. The average Bonchev–Trinajstić information content (AvgIpc) is 3.40. The number of aromatic nitrogens is 3. The Morgan fingerprint density at radius 3 is 2.76 bits per heavy atom. The molecule has 29 heavy (non-hydrogen) atoms. The second-order valence-electron chi connectivity index (χ2n) is 7.79. The van der Waals surface area contributed by atoms with Gasteiger partial charge in [-0.3, -0.25) is 4.90 Å². The van der Waals surface area contributed by atoms with Gasteiger partial charge in [0.25, 0.3) is 0 Å². The summed E-state index contributed by atoms with van der Waals surface area (Å²) in [4.78, 5) is 2.56. The number of hydrogen-bond acceptors (Lipinski definition) is 5. The minimum Gasteiger partial charge on any atom is -0.496 e. The van der Waals surface area contributed by atoms with Crippen molar-refractivity contribution in [3.8, 4) is 16.9 Å². The van der Waals surface area contributed by atoms with Crippen molar-refractivity contribution in [1.29, 1.82) is 0 Å². The van der Waals surface area contributed by atoms with E-state index in [4.69, 9.17) is 4.74 Å². The van der Waals surface area contributed by atoms with Gasteiger partial charge in [-0.25, -0.2) is 0 Å². The van der Waals surface area contributed by atoms with Gasteiger partial charge >= 0.3 is 0 Å². The first-order chi connectivity index (χ1) is 14.3. The van der Waals surface area contributed by atoms with Gasteiger partial charge in [0.15, 0.2) is 5.82 Å². The number of benzene rings is 2. The molecular formula is C23H27N5O. The monoisotopic (exact) mass is 389 g/mol. The molecule has 1 atom stereocenters. The van der Waals surface area contributed by atoms with E-state index in [9.17, 15) is 0 Å². The Labute approximate surface area is 171 Å². The van der Waals surface area contributed by atoms with E-state index in [0.717, 1.165) is 62.1 Å². The molecule has 0 bridgehead atoms. The summed E-state index contributed by atoms with van der Waals surface area (Å²) in [6.07, 6.45) is 2.34. The van der Waals surface area contributed by atoms with Gasteiger partial charge in [0.2, 0.25) is 0 Å². The molecule has 0 unspecified atom stereocenters. The summed E-state index contributed by atoms with van der Waals surface area (Å²) in [6.45, 7) is 4.75. The summed E-state index contributed by atoms with van der Waals surface area (Å²) in [5.41, 5.74) is 3.71. The molecule has 0 radical (unpaired) electrons. The summed E-state index contributed by atoms with van der Waals surface area (Å²) in [6, 6.07) is 17.3. The lowest BCUT2D eigenvalue weighted by molar-refractivity contribution is 0.233. The number of hydrogen-bond donors (Lipinski definition) is 1. The van der Waals surface area contributed by atoms with Crippen molar-refractivity contribution in [2.24, 2.45) is 0 Å². The zero-order valence-electron chi connectivity index (χ0n) is 16.8. The van der Waals surface area contributed by atoms with Crippen LogP contribution in [0.2, 0.25) is 0 Å². The molecule has 6 nitrogen and oxygen atoms in total. The van der Waals surface area contributed by atoms with Crippen LogP contribution >= 0.6 is 0 Å². The molecule has 0 saturated carbocycles. The van der Waals surface area contributed by atoms with Gasteiger partial charge in [-0.15, -0.1) is 10.2 Å². The van der Waals surface area contributed by atoms with Gasteiger partial charge in [0.05, 0.1) is 19.7 Å². The lowest BCUT2D eigenvalue weighted by atomic mass is 9.98. The molecule has 0 spiro atoms. The minimum absolute atomic E-state index is 0.333. The van der Waals surface area contributed by atoms with Gasteiger partial charge < -0.3 is 14.6 Å². The van der Waals surface area contributed by atoms with Crippen LogP contribution in [0.4, 0.5) is 0 Å². The molecule has 3 heterocycles. The highest BCUT2D eigenvalue weighted by atomic mass is 16.5. The summed E-state index contributed by atoms with van der Waals surface area (Å²) in [5, 5.41) is 12.4. The summed E-state index contributed by atoms with van der Waals surface area (Å²) >= 11 is 0. The fraction of sp³-hybridized carbons (Fsp3) is 0.391. The Morgan fingerprint density at radius 2 is 1.86 bits per heavy atom. The average molecular weight is 390 g/mol. The highest BCUT2D eigenvalue weighted by molar-refractivity contribution is 5.73. The Morgan fingerprint density at radius 1 is 1.03 bits per heavy atom. The molecule has 3 aromatic rings. The summed E-state index contributed by atoms with van der Waals surface area (Å²) in [5.74, 6) is 3.11. The number of nitrogens with one attached hydrogen (secondary N) is 1. The van der Waals surface area contributed by atoms with Crippen LogP contribution in [0.25, 0.3) is 11.1 Å². The van der Waals surface area contributed by atoms with Crippen molar-refractivity contribution in [2.45, 2.75) is 38.5 Å². The van der Waals surface area contributed by atoms with Crippen LogP contribution in [0.15, 0.2) is 48.5 Å². The number of nitrogens with zero attached hydrogens (tertiary/aromatic N) is 4. The first-order valence-corrected chi connectivity index (χ1v) is 10.4. The third-order valence-corrected chi connectivity index (χ3v) is 6.10. The highest BCUT2D eigenvalue weighted by Crippen LogP contribution is 2.37. The second kappa shape index (κ2) is 7.97. The van der Waals surface area contributed by atoms with Crippen molar-refractivity contribution < 1.29 is 4.74 Å². The molecule has 2 aromatic carbocycles. The molecular weight excluding hydrogens is 362 g/mol. The third-order valence-electron chi connectivity index (χ3n) is 6.10. The van der Waals surface area contributed by atoms with Gasteiger partial charge in [0, 0.05) is 25.2 Å². The zero-order chi connectivity index (χ0) is 19.6. The molecule has 2 aliphatic rings. The van der Waals surface area contributed by atoms with Crippen LogP contribution < -0.4 is 10.1 Å². The normalized spacial score (nSPS) is 19.3. The van der Waals surface area contributed by atoms with E-state index in [2.05, 4.69) is 61.4 Å². The number of ether oxygens (including phenoxy) is 1. The summed E-state index contributed by atoms with van der Waals surface area (Å²) < 4.78 is 7.95. The van der Waals surface area contributed by atoms with Crippen LogP contribution in [0, 0.1) is 0 Å². The van der Waals surface area contributed by atoms with E-state index < -0.39 is 0 Å². The molecule has 6 heteroatoms. The minimum atomic E-state index is 0.333. The maximum Gasteiger partial charge on any atom is 0.150 e. The predicted molar refractivity (Wildman–Crippen MR) is 113 cm³/mol. The molecule has 0 amide bonds. The largest absolute Gasteiger partial charge is 0.496 e. The quantitative estimate of drug-likeness (QED) is 0.725. The van der Waals surface area contributed by atoms with E-state index >= 15 is 0 Å². The van der Waals surface area contributed by atoms with Crippen molar-refractivity contribution in [3.63, 3.8) is 0 Å². The van der Waals surface area contributed by atoms with Gasteiger partial charge in [-0.2, -0.15) is 0 Å². The predicted octanol–water partition coefficient (Wildman–Crippen LogP) is 3.39. The zero-order valence-corrected chi connectivity index (χ0v) is 16.8. The van der Waals surface area contributed by atoms with E-state index in [-0.39, 0.29) is 0 Å². The molecule has 2 aliphatic heterocycles. The fourth-order valence-electron chi connectivity index (χ4n) is 4.68. The maximum atomic E-state index is 5.63. The van der Waals surface area contributed by atoms with Crippen LogP contribution in [-0.4, -0.2) is 39.9 Å². The van der Waals surface area contributed by atoms with Crippen LogP contribution in [0.5, 0.6) is 5.75 Å². The standard InChI is InChI=1S/C23H27N5O/c1-29-21-11-5-4-9-19(21)18-8-3-2-7-17(18)16-27-13-6-10-20(27)23-26-25-22-15-24-12-14-28(22)23/h2-5,7-9,11,20,24H,6,10,12-16H2,1H3/t20-/m0/s1. The van der Waals surface area contributed by atoms with Crippen molar-refractivity contribution >= 4 is 0 Å². The van der Waals surface area contributed by atoms with Gasteiger partial charge in [-0.1, -0.05) is 42.5 Å². The number of methoxy groups -OCH3 is 1. The summed E-state index contributed by atoms with van der Waals surface area (Å²) in [7, 11) is 1.74. The first kappa shape index (κ1) is 18.3. The molecule has 1 fully saturated rings. The van der Waals surface area contributed by atoms with Crippen molar-refractivity contribution in [1.82, 2.24) is 25.0 Å². The van der Waals surface area contributed by atoms with Crippen LogP contribution in [0.3, 0.4) is 0 Å². The lowest BCUT2D eigenvalue weighted by Crippen LogP contribution is -2.31. The van der Waals surface area contributed by atoms with E-state index in [0.29, 0.717) is 6.04 Å². The van der Waals surface area contributed by atoms with Crippen molar-refractivity contribution in [3.05, 3.63) is 65.7 Å². The Balaban J connectivity index is 1.45. The molecule has 150 valence electrons. The Kier molecular flexibility index (Phi) is 5.04. The number of para-hydroxylation sites is 1. The van der Waals surface area contributed by atoms with Crippen LogP contribution in [-0.2, 0) is 19.6 Å². The van der Waals surface area contributed by atoms with Gasteiger partial charge in [0.1, 0.15) is 11.6 Å².